The molecule has 0 saturated carbocycles. The molecule has 3 rings (SSSR count). The molecule has 1 unspecified atom stereocenters. The quantitative estimate of drug-likeness (QED) is 0.557. The van der Waals surface area contributed by atoms with Gasteiger partial charge in [-0.25, -0.2) is 4.39 Å². The molecule has 0 bridgehead atoms. The van der Waals surface area contributed by atoms with Gasteiger partial charge in [-0.1, -0.05) is 0 Å². The second-order valence-electron chi connectivity index (χ2n) is 5.14. The van der Waals surface area contributed by atoms with E-state index in [4.69, 9.17) is 5.73 Å². The fourth-order valence-corrected chi connectivity index (χ4v) is 2.66. The SMILES string of the molecule is NCc1cc2c(cc1F)C(=O)N(C1CNC(=O)CC1=O)C2=O. The number of carbonyl (C=O) groups is 4. The van der Waals surface area contributed by atoms with Gasteiger partial charge in [0.05, 0.1) is 17.5 Å². The first-order valence-corrected chi connectivity index (χ1v) is 6.63. The summed E-state index contributed by atoms with van der Waals surface area (Å²) < 4.78 is 13.8. The molecule has 0 spiro atoms. The number of carbonyl (C=O) groups excluding carboxylic acids is 4. The number of nitrogens with one attached hydrogen (secondary N) is 1. The number of Topliss-reactive ketones (excluding diaryl/α,β-unsaturated/α-hetero) is 1. The minimum absolute atomic E-state index is 0.0246. The van der Waals surface area contributed by atoms with Crippen molar-refractivity contribution in [1.82, 2.24) is 10.2 Å². The topological polar surface area (TPSA) is 110 Å². The number of hydrogen-bond acceptors (Lipinski definition) is 5. The van der Waals surface area contributed by atoms with E-state index in [-0.39, 0.29) is 36.2 Å². The Balaban J connectivity index is 2.00. The number of halogens is 1. The number of ketones is 1. The van der Waals surface area contributed by atoms with Crippen molar-refractivity contribution in [1.29, 1.82) is 0 Å². The average Bonchev–Trinajstić information content (AvgIpc) is 2.70. The molecule has 2 heterocycles. The zero-order chi connectivity index (χ0) is 16.0. The predicted molar refractivity (Wildman–Crippen MR) is 71.2 cm³/mol. The van der Waals surface area contributed by atoms with Crippen LogP contribution in [0.4, 0.5) is 4.39 Å². The minimum Gasteiger partial charge on any atom is -0.353 e. The van der Waals surface area contributed by atoms with Gasteiger partial charge in [-0.2, -0.15) is 0 Å². The first kappa shape index (κ1) is 14.3. The number of nitrogens with two attached hydrogens (primary N) is 1. The molecule has 2 aliphatic heterocycles. The highest BCUT2D eigenvalue weighted by atomic mass is 19.1. The smallest absolute Gasteiger partial charge is 0.262 e. The van der Waals surface area contributed by atoms with Crippen LogP contribution in [-0.4, -0.2) is 41.0 Å². The number of fused-ring (bicyclic) bond motifs is 1. The fraction of sp³-hybridized carbons (Fsp3) is 0.286. The number of imide groups is 1. The van der Waals surface area contributed by atoms with Crippen LogP contribution in [0.5, 0.6) is 0 Å². The van der Waals surface area contributed by atoms with Gasteiger partial charge in [0.25, 0.3) is 11.8 Å². The molecule has 8 heteroatoms. The van der Waals surface area contributed by atoms with Crippen molar-refractivity contribution in [3.8, 4) is 0 Å². The van der Waals surface area contributed by atoms with Gasteiger partial charge in [-0.05, 0) is 12.1 Å². The lowest BCUT2D eigenvalue weighted by Gasteiger charge is -2.28. The van der Waals surface area contributed by atoms with E-state index in [1.165, 1.54) is 6.07 Å². The van der Waals surface area contributed by atoms with Crippen molar-refractivity contribution < 1.29 is 23.6 Å². The highest BCUT2D eigenvalue weighted by Crippen LogP contribution is 2.28. The molecule has 0 aliphatic carbocycles. The zero-order valence-electron chi connectivity index (χ0n) is 11.4. The molecule has 1 saturated heterocycles. The first-order chi connectivity index (χ1) is 10.4. The van der Waals surface area contributed by atoms with E-state index < -0.39 is 35.4 Å². The van der Waals surface area contributed by atoms with Gasteiger partial charge >= 0.3 is 0 Å². The summed E-state index contributed by atoms with van der Waals surface area (Å²) in [5.41, 5.74) is 5.44. The maximum Gasteiger partial charge on any atom is 0.262 e. The Morgan fingerprint density at radius 3 is 2.41 bits per heavy atom. The molecular weight excluding hydrogens is 293 g/mol. The molecule has 3 amide bonds. The van der Waals surface area contributed by atoms with Crippen LogP contribution >= 0.6 is 0 Å². The molecule has 7 nitrogen and oxygen atoms in total. The van der Waals surface area contributed by atoms with Gasteiger partial charge in [0.1, 0.15) is 11.9 Å². The highest BCUT2D eigenvalue weighted by Gasteiger charge is 2.44. The molecule has 0 radical (unpaired) electrons. The van der Waals surface area contributed by atoms with E-state index in [1.807, 2.05) is 0 Å². The van der Waals surface area contributed by atoms with E-state index in [0.29, 0.717) is 0 Å². The summed E-state index contributed by atoms with van der Waals surface area (Å²) in [4.78, 5) is 48.6. The van der Waals surface area contributed by atoms with Crippen LogP contribution in [0.1, 0.15) is 32.7 Å². The average molecular weight is 305 g/mol. The van der Waals surface area contributed by atoms with Crippen molar-refractivity contribution in [3.63, 3.8) is 0 Å². The molecule has 3 N–H and O–H groups in total. The van der Waals surface area contributed by atoms with E-state index >= 15 is 0 Å². The van der Waals surface area contributed by atoms with E-state index in [2.05, 4.69) is 5.32 Å². The number of rotatable bonds is 2. The summed E-state index contributed by atoms with van der Waals surface area (Å²) >= 11 is 0. The van der Waals surface area contributed by atoms with Gasteiger partial charge in [0.2, 0.25) is 5.91 Å². The van der Waals surface area contributed by atoms with Gasteiger partial charge in [0.15, 0.2) is 5.78 Å². The van der Waals surface area contributed by atoms with Crippen LogP contribution in [0.2, 0.25) is 0 Å². The zero-order valence-corrected chi connectivity index (χ0v) is 11.4. The highest BCUT2D eigenvalue weighted by molar-refractivity contribution is 6.23. The van der Waals surface area contributed by atoms with Crippen LogP contribution in [0.3, 0.4) is 0 Å². The summed E-state index contributed by atoms with van der Waals surface area (Å²) in [6.07, 6.45) is -0.388. The normalized spacial score (nSPS) is 21.2. The number of hydrogen-bond donors (Lipinski definition) is 2. The Bertz CT molecular complexity index is 731. The third kappa shape index (κ3) is 2.00. The van der Waals surface area contributed by atoms with E-state index in [9.17, 15) is 23.6 Å². The summed E-state index contributed by atoms with van der Waals surface area (Å²) in [5.74, 6) is -3.05. The predicted octanol–water partition coefficient (Wildman–Crippen LogP) is -0.662. The Kier molecular flexibility index (Phi) is 3.25. The second-order valence-corrected chi connectivity index (χ2v) is 5.14. The molecule has 2 aliphatic rings. The number of benzene rings is 1. The third-order valence-electron chi connectivity index (χ3n) is 3.82. The molecular formula is C14H12FN3O4. The lowest BCUT2D eigenvalue weighted by Crippen LogP contribution is -2.55. The summed E-state index contributed by atoms with van der Waals surface area (Å²) in [7, 11) is 0. The summed E-state index contributed by atoms with van der Waals surface area (Å²) in [6.45, 7) is -0.242. The van der Waals surface area contributed by atoms with Crippen molar-refractivity contribution in [2.45, 2.75) is 19.0 Å². The molecule has 1 fully saturated rings. The lowest BCUT2D eigenvalue weighted by molar-refractivity contribution is -0.133. The lowest BCUT2D eigenvalue weighted by atomic mass is 10.0. The van der Waals surface area contributed by atoms with Crippen molar-refractivity contribution >= 4 is 23.5 Å². The Labute approximate surface area is 124 Å². The van der Waals surface area contributed by atoms with E-state index in [0.717, 1.165) is 11.0 Å². The first-order valence-electron chi connectivity index (χ1n) is 6.63. The minimum atomic E-state index is -1.06. The van der Waals surface area contributed by atoms with Gasteiger partial charge in [-0.3, -0.25) is 24.1 Å². The van der Waals surface area contributed by atoms with Crippen LogP contribution in [0.25, 0.3) is 0 Å². The van der Waals surface area contributed by atoms with Gasteiger partial charge in [-0.15, -0.1) is 0 Å². The Morgan fingerprint density at radius 2 is 1.82 bits per heavy atom. The fourth-order valence-electron chi connectivity index (χ4n) is 2.66. The van der Waals surface area contributed by atoms with Crippen LogP contribution in [-0.2, 0) is 16.1 Å². The monoisotopic (exact) mass is 305 g/mol. The molecule has 1 aromatic rings. The van der Waals surface area contributed by atoms with Crippen LogP contribution < -0.4 is 11.1 Å². The van der Waals surface area contributed by atoms with Crippen molar-refractivity contribution in [2.24, 2.45) is 5.73 Å². The van der Waals surface area contributed by atoms with Crippen molar-refractivity contribution in [3.05, 3.63) is 34.6 Å². The molecule has 114 valence electrons. The summed E-state index contributed by atoms with van der Waals surface area (Å²) in [5, 5.41) is 2.44. The molecule has 22 heavy (non-hydrogen) atoms. The standard InChI is InChI=1S/C14H12FN3O4/c15-9-2-8-7(1-6(9)4-16)13(21)18(14(8)22)10-5-17-12(20)3-11(10)19/h1-2,10H,3-5,16H2,(H,17,20). The Morgan fingerprint density at radius 1 is 1.18 bits per heavy atom. The molecule has 1 atom stereocenters. The third-order valence-corrected chi connectivity index (χ3v) is 3.82. The van der Waals surface area contributed by atoms with Gasteiger partial charge in [0, 0.05) is 18.7 Å². The van der Waals surface area contributed by atoms with Crippen LogP contribution in [0, 0.1) is 5.82 Å². The largest absolute Gasteiger partial charge is 0.353 e. The van der Waals surface area contributed by atoms with E-state index in [1.54, 1.807) is 0 Å². The molecule has 0 aromatic heterocycles. The number of piperidine rings is 1. The Hall–Kier alpha value is -2.61. The molecule has 1 aromatic carbocycles. The van der Waals surface area contributed by atoms with Crippen LogP contribution in [0.15, 0.2) is 12.1 Å². The number of amides is 3. The summed E-state index contributed by atoms with van der Waals surface area (Å²) in [6, 6.07) is 1.13. The van der Waals surface area contributed by atoms with Crippen molar-refractivity contribution in [2.75, 3.05) is 6.54 Å². The maximum atomic E-state index is 13.8. The van der Waals surface area contributed by atoms with Gasteiger partial charge < -0.3 is 11.1 Å². The second kappa shape index (κ2) is 4.99. The number of nitrogens with zero attached hydrogens (tertiary/aromatic N) is 1. The maximum absolute atomic E-state index is 13.8.